The fraction of sp³-hybridized carbons (Fsp3) is 0.357. The summed E-state index contributed by atoms with van der Waals surface area (Å²) >= 11 is 7.01. The van der Waals surface area contributed by atoms with Crippen molar-refractivity contribution in [2.75, 3.05) is 39.6 Å². The Kier molecular flexibility index (Phi) is 15.4. The number of hydrogen-bond donors (Lipinski definition) is 1. The lowest BCUT2D eigenvalue weighted by molar-refractivity contribution is -0.0232. The minimum atomic E-state index is -2.61. The summed E-state index contributed by atoms with van der Waals surface area (Å²) in [6.45, 7) is 11.8. The van der Waals surface area contributed by atoms with E-state index < -0.39 is 8.32 Å². The molecule has 10 aromatic rings. The molecule has 10 heterocycles. The molecule has 2 aromatic carbocycles. The average Bonchev–Trinajstić information content (AvgIpc) is 4.21. The van der Waals surface area contributed by atoms with Crippen LogP contribution in [0, 0.1) is 0 Å². The van der Waals surface area contributed by atoms with Crippen molar-refractivity contribution >= 4 is 94.9 Å². The highest BCUT2D eigenvalue weighted by Crippen LogP contribution is 2.37. The van der Waals surface area contributed by atoms with E-state index in [1.54, 1.807) is 50.9 Å². The predicted molar refractivity (Wildman–Crippen MR) is 305 cm³/mol. The number of ether oxygens (including phenoxy) is 2. The molecule has 8 aromatic heterocycles. The number of aliphatic hydroxyl groups is 1. The Hall–Kier alpha value is -6.46. The Balaban J connectivity index is 0.000000181. The van der Waals surface area contributed by atoms with Crippen LogP contribution in [-0.2, 0) is 40.1 Å². The monoisotopic (exact) mass is 1180 g/mol. The molecular formula is C56H60Br2N12O6Si. The standard InChI is InChI=1S/C36H39BrN6O3Si.C20H21BrN6O3/c1-36(2,3)47(28-12-6-4-7-13-28,29-14-8-5-9-15-29)46-19-11-10-18-41-33(40-30-20-26(37)21-39-34(30)41)23-42-32-22-38-17-16-31(32)43(35(42)44)27-24-45-25-27;21-13-7-15-19(23-8-13)25(5-1-2-6-28)18(24-15)10-26-17-9-22-4-3-16(17)27(20(26)29)14-11-30-12-14/h4-9,12-17,20-22,27H,10-11,18-19,23-25H2,1-3H3;3-4,7-9,14,28H,1-2,5-6,10-12H2. The minimum absolute atomic E-state index is 0.0284. The Bertz CT molecular complexity index is 3780. The number of rotatable bonds is 18. The zero-order valence-corrected chi connectivity index (χ0v) is 47.4. The van der Waals surface area contributed by atoms with Gasteiger partial charge in [-0.05, 0) is 97.2 Å². The van der Waals surface area contributed by atoms with E-state index in [1.807, 2.05) is 33.4 Å². The smallest absolute Gasteiger partial charge is 0.329 e. The molecule has 18 nitrogen and oxygen atoms in total. The van der Waals surface area contributed by atoms with Crippen LogP contribution < -0.4 is 21.8 Å². The van der Waals surface area contributed by atoms with E-state index in [9.17, 15) is 14.7 Å². The molecule has 0 atom stereocenters. The summed E-state index contributed by atoms with van der Waals surface area (Å²) in [7, 11) is -2.61. The van der Waals surface area contributed by atoms with Crippen LogP contribution in [0.1, 0.15) is 70.2 Å². The molecule has 0 amide bonds. The maximum absolute atomic E-state index is 13.8. The molecule has 2 saturated heterocycles. The summed E-state index contributed by atoms with van der Waals surface area (Å²) in [5.74, 6) is 1.54. The molecule has 12 rings (SSSR count). The van der Waals surface area contributed by atoms with Gasteiger partial charge in [0.05, 0.1) is 86.1 Å². The highest BCUT2D eigenvalue weighted by molar-refractivity contribution is 9.10. The van der Waals surface area contributed by atoms with Crippen molar-refractivity contribution in [3.63, 3.8) is 0 Å². The number of halogens is 2. The highest BCUT2D eigenvalue weighted by atomic mass is 79.9. The maximum Gasteiger partial charge on any atom is 0.329 e. The van der Waals surface area contributed by atoms with Gasteiger partial charge in [-0.2, -0.15) is 0 Å². The summed E-state index contributed by atoms with van der Waals surface area (Å²) in [5.41, 5.74) is 6.25. The lowest BCUT2D eigenvalue weighted by Gasteiger charge is -2.43. The van der Waals surface area contributed by atoms with E-state index in [-0.39, 0.29) is 35.1 Å². The molecule has 0 radical (unpaired) electrons. The van der Waals surface area contributed by atoms with Crippen LogP contribution in [0.2, 0.25) is 5.04 Å². The van der Waals surface area contributed by atoms with Gasteiger partial charge in [-0.3, -0.25) is 28.2 Å². The van der Waals surface area contributed by atoms with Gasteiger partial charge >= 0.3 is 11.4 Å². The lowest BCUT2D eigenvalue weighted by atomic mass is 10.2. The van der Waals surface area contributed by atoms with Gasteiger partial charge in [0.1, 0.15) is 22.7 Å². The van der Waals surface area contributed by atoms with Gasteiger partial charge in [0.15, 0.2) is 11.3 Å². The molecule has 0 saturated carbocycles. The second-order valence-corrected chi connectivity index (χ2v) is 26.7. The van der Waals surface area contributed by atoms with Crippen molar-refractivity contribution < 1.29 is 19.0 Å². The van der Waals surface area contributed by atoms with E-state index in [4.69, 9.17) is 28.9 Å². The average molecular weight is 1190 g/mol. The number of pyridine rings is 4. The van der Waals surface area contributed by atoms with E-state index >= 15 is 0 Å². The summed E-state index contributed by atoms with van der Waals surface area (Å²) in [5, 5.41) is 11.7. The van der Waals surface area contributed by atoms with E-state index in [2.05, 4.69) is 133 Å². The van der Waals surface area contributed by atoms with Crippen LogP contribution in [0.3, 0.4) is 0 Å². The number of aryl methyl sites for hydroxylation is 2. The Morgan fingerprint density at radius 3 is 1.48 bits per heavy atom. The van der Waals surface area contributed by atoms with Crippen LogP contribution in [0.4, 0.5) is 0 Å². The van der Waals surface area contributed by atoms with Gasteiger partial charge in [0, 0.05) is 60.0 Å². The Morgan fingerprint density at radius 1 is 0.610 bits per heavy atom. The van der Waals surface area contributed by atoms with Crippen molar-refractivity contribution in [2.24, 2.45) is 0 Å². The first-order valence-corrected chi connectivity index (χ1v) is 29.6. The van der Waals surface area contributed by atoms with Gasteiger partial charge in [0.25, 0.3) is 8.32 Å². The molecule has 0 spiro atoms. The van der Waals surface area contributed by atoms with E-state index in [0.29, 0.717) is 65.6 Å². The molecule has 2 fully saturated rings. The summed E-state index contributed by atoms with van der Waals surface area (Å²) in [6.07, 6.45) is 13.7. The van der Waals surface area contributed by atoms with Gasteiger partial charge in [0.2, 0.25) is 0 Å². The summed E-state index contributed by atoms with van der Waals surface area (Å²) in [6, 6.07) is 29.3. The second-order valence-electron chi connectivity index (χ2n) is 20.6. The third kappa shape index (κ3) is 10.2. The number of fused-ring (bicyclic) bond motifs is 4. The van der Waals surface area contributed by atoms with Crippen molar-refractivity contribution in [1.82, 2.24) is 57.3 Å². The number of imidazole rings is 4. The summed E-state index contributed by atoms with van der Waals surface area (Å²) in [4.78, 5) is 54.7. The first-order valence-electron chi connectivity index (χ1n) is 26.1. The minimum Gasteiger partial charge on any atom is -0.407 e. The molecule has 2 aliphatic heterocycles. The number of hydrogen-bond acceptors (Lipinski definition) is 12. The number of nitrogens with zero attached hydrogens (tertiary/aromatic N) is 12. The van der Waals surface area contributed by atoms with Gasteiger partial charge < -0.3 is 28.1 Å². The van der Waals surface area contributed by atoms with Crippen LogP contribution >= 0.6 is 31.9 Å². The largest absolute Gasteiger partial charge is 0.407 e. The van der Waals surface area contributed by atoms with Crippen molar-refractivity contribution in [2.45, 2.75) is 89.8 Å². The Morgan fingerprint density at radius 2 is 1.06 bits per heavy atom. The van der Waals surface area contributed by atoms with Gasteiger partial charge in [-0.15, -0.1) is 0 Å². The van der Waals surface area contributed by atoms with Gasteiger partial charge in [-0.25, -0.2) is 29.5 Å². The molecule has 2 aliphatic rings. The zero-order valence-electron chi connectivity index (χ0n) is 43.2. The number of unbranched alkanes of at least 4 members (excludes halogenated alkanes) is 2. The molecular weight excluding hydrogens is 1120 g/mol. The SMILES string of the molecule is CC(C)(C)[Si](OCCCCn1c(Cn2c(=O)n(C3COC3)c3ccncc32)nc2cc(Br)cnc21)(c1ccccc1)c1ccccc1.O=c1n(Cc2nc3cc(Br)cnc3n2CCCCO)c2cnccc2n1C1COC1. The second kappa shape index (κ2) is 22.5. The quantitative estimate of drug-likeness (QED) is 0.0650. The first kappa shape index (κ1) is 52.6. The third-order valence-corrected chi connectivity index (χ3v) is 20.6. The van der Waals surface area contributed by atoms with Crippen molar-refractivity contribution in [3.05, 3.63) is 164 Å². The number of aromatic nitrogens is 12. The molecule has 0 bridgehead atoms. The lowest BCUT2D eigenvalue weighted by Crippen LogP contribution is -2.66. The normalized spacial score (nSPS) is 14.4. The number of benzene rings is 2. The van der Waals surface area contributed by atoms with Crippen LogP contribution in [-0.4, -0.2) is 110 Å². The fourth-order valence-corrected chi connectivity index (χ4v) is 16.1. The molecule has 398 valence electrons. The fourth-order valence-electron chi connectivity index (χ4n) is 10.8. The molecule has 77 heavy (non-hydrogen) atoms. The van der Waals surface area contributed by atoms with Gasteiger partial charge in [-0.1, -0.05) is 81.4 Å². The van der Waals surface area contributed by atoms with E-state index in [1.165, 1.54) is 10.4 Å². The number of aliphatic hydroxyl groups excluding tert-OH is 1. The topological polar surface area (TPSA) is 189 Å². The third-order valence-electron chi connectivity index (χ3n) is 14.7. The van der Waals surface area contributed by atoms with E-state index in [0.717, 1.165) is 84.3 Å². The predicted octanol–water partition coefficient (Wildman–Crippen LogP) is 7.78. The molecule has 21 heteroatoms. The molecule has 0 aliphatic carbocycles. The Labute approximate surface area is 461 Å². The van der Waals surface area contributed by atoms with Crippen LogP contribution in [0.15, 0.2) is 141 Å². The summed E-state index contributed by atoms with van der Waals surface area (Å²) < 4.78 is 30.9. The zero-order chi connectivity index (χ0) is 53.3. The molecule has 0 unspecified atom stereocenters. The highest BCUT2D eigenvalue weighted by Gasteiger charge is 2.50. The van der Waals surface area contributed by atoms with Crippen LogP contribution in [0.5, 0.6) is 0 Å². The van der Waals surface area contributed by atoms with Crippen LogP contribution in [0.25, 0.3) is 44.4 Å². The maximum atomic E-state index is 13.8. The van der Waals surface area contributed by atoms with Crippen molar-refractivity contribution in [1.29, 1.82) is 0 Å². The first-order chi connectivity index (χ1) is 37.4. The van der Waals surface area contributed by atoms with Crippen molar-refractivity contribution in [3.8, 4) is 0 Å². The molecule has 1 N–H and O–H groups in total.